The quantitative estimate of drug-likeness (QED) is 0.186. The summed E-state index contributed by atoms with van der Waals surface area (Å²) >= 11 is 6.32. The fraction of sp³-hybridized carbons (Fsp3) is 0.0435. The zero-order valence-electron chi connectivity index (χ0n) is 17.9. The highest BCUT2D eigenvalue weighted by atomic mass is 35.5. The van der Waals surface area contributed by atoms with Gasteiger partial charge < -0.3 is 14.8 Å². The number of halogens is 1. The van der Waals surface area contributed by atoms with Gasteiger partial charge in [-0.15, -0.1) is 0 Å². The summed E-state index contributed by atoms with van der Waals surface area (Å²) in [5.74, 6) is -1.01. The Hall–Kier alpha value is -4.95. The van der Waals surface area contributed by atoms with E-state index in [0.717, 1.165) is 18.2 Å². The summed E-state index contributed by atoms with van der Waals surface area (Å²) in [6.45, 7) is 0. The number of carbonyl (C=O) groups excluding carboxylic acids is 1. The summed E-state index contributed by atoms with van der Waals surface area (Å²) in [7, 11) is 1.30. The molecule has 0 heterocycles. The second kappa shape index (κ2) is 10.8. The minimum atomic E-state index is -0.829. The van der Waals surface area contributed by atoms with E-state index in [4.69, 9.17) is 21.1 Å². The molecule has 0 aliphatic carbocycles. The van der Waals surface area contributed by atoms with Gasteiger partial charge in [-0.25, -0.2) is 0 Å². The first kappa shape index (κ1) is 24.7. The number of nitrogens with one attached hydrogen (secondary N) is 1. The number of nitro benzene ring substituents is 2. The van der Waals surface area contributed by atoms with Crippen LogP contribution in [0.25, 0.3) is 6.08 Å². The lowest BCUT2D eigenvalue weighted by molar-refractivity contribution is -0.394. The molecule has 3 aromatic rings. The van der Waals surface area contributed by atoms with E-state index in [2.05, 4.69) is 5.32 Å². The van der Waals surface area contributed by atoms with E-state index in [-0.39, 0.29) is 27.8 Å². The zero-order chi connectivity index (χ0) is 25.5. The van der Waals surface area contributed by atoms with Crippen molar-refractivity contribution in [3.05, 3.63) is 97.1 Å². The van der Waals surface area contributed by atoms with Crippen LogP contribution < -0.4 is 14.8 Å². The van der Waals surface area contributed by atoms with Gasteiger partial charge in [0, 0.05) is 11.8 Å². The average Bonchev–Trinajstić information content (AvgIpc) is 2.84. The molecular formula is C23H15ClN4O7. The Bertz CT molecular complexity index is 1380. The lowest BCUT2D eigenvalue weighted by Crippen LogP contribution is -2.13. The predicted molar refractivity (Wildman–Crippen MR) is 126 cm³/mol. The first-order chi connectivity index (χ1) is 16.7. The number of anilines is 1. The minimum Gasteiger partial charge on any atom is -0.493 e. The monoisotopic (exact) mass is 494 g/mol. The fourth-order valence-electron chi connectivity index (χ4n) is 2.92. The Kier molecular flexibility index (Phi) is 7.60. The maximum absolute atomic E-state index is 12.5. The van der Waals surface area contributed by atoms with Crippen molar-refractivity contribution in [2.45, 2.75) is 0 Å². The van der Waals surface area contributed by atoms with Crippen LogP contribution in [0.5, 0.6) is 17.2 Å². The summed E-state index contributed by atoms with van der Waals surface area (Å²) in [5.41, 5.74) is -0.530. The van der Waals surface area contributed by atoms with Gasteiger partial charge >= 0.3 is 5.69 Å². The SMILES string of the molecule is COc1cc(/C=C(\C#N)C(=O)Nc2ccccc2)cc(Cl)c1Oc1ccc([N+](=O)[O-])cc1[N+](=O)[O-]. The predicted octanol–water partition coefficient (Wildman–Crippen LogP) is 5.50. The van der Waals surface area contributed by atoms with Crippen LogP contribution in [0.4, 0.5) is 17.1 Å². The number of nitrogens with zero attached hydrogens (tertiary/aromatic N) is 3. The van der Waals surface area contributed by atoms with E-state index < -0.39 is 27.1 Å². The molecule has 12 heteroatoms. The van der Waals surface area contributed by atoms with Crippen LogP contribution in [0.1, 0.15) is 5.56 Å². The smallest absolute Gasteiger partial charge is 0.318 e. The van der Waals surface area contributed by atoms with Gasteiger partial charge in [0.2, 0.25) is 5.75 Å². The van der Waals surface area contributed by atoms with Crippen LogP contribution in [-0.2, 0) is 4.79 Å². The van der Waals surface area contributed by atoms with Gasteiger partial charge in [0.05, 0.1) is 28.0 Å². The molecular weight excluding hydrogens is 480 g/mol. The number of rotatable bonds is 8. The third-order valence-corrected chi connectivity index (χ3v) is 4.80. The van der Waals surface area contributed by atoms with Crippen molar-refractivity contribution in [2.24, 2.45) is 0 Å². The molecule has 0 spiro atoms. The Balaban J connectivity index is 1.95. The molecule has 35 heavy (non-hydrogen) atoms. The largest absolute Gasteiger partial charge is 0.493 e. The fourth-order valence-corrected chi connectivity index (χ4v) is 3.17. The molecule has 0 saturated heterocycles. The van der Waals surface area contributed by atoms with Crippen molar-refractivity contribution in [2.75, 3.05) is 12.4 Å². The second-order valence-electron chi connectivity index (χ2n) is 6.79. The molecule has 0 saturated carbocycles. The van der Waals surface area contributed by atoms with Gasteiger partial charge in [-0.05, 0) is 42.0 Å². The highest BCUT2D eigenvalue weighted by Gasteiger charge is 2.23. The molecule has 1 amide bonds. The van der Waals surface area contributed by atoms with Gasteiger partial charge in [-0.3, -0.25) is 25.0 Å². The Morgan fingerprint density at radius 2 is 1.77 bits per heavy atom. The summed E-state index contributed by atoms with van der Waals surface area (Å²) in [5, 5.41) is 34.3. The summed E-state index contributed by atoms with van der Waals surface area (Å²) < 4.78 is 10.9. The molecule has 0 unspecified atom stereocenters. The van der Waals surface area contributed by atoms with Crippen LogP contribution in [0.15, 0.2) is 66.2 Å². The standard InChI is InChI=1S/C23H15ClN4O7/c1-34-21-11-14(9-15(13-25)23(29)26-16-5-3-2-4-6-16)10-18(24)22(21)35-20-8-7-17(27(30)31)12-19(20)28(32)33/h2-12H,1H3,(H,26,29)/b15-9+. The highest BCUT2D eigenvalue weighted by molar-refractivity contribution is 6.32. The first-order valence-electron chi connectivity index (χ1n) is 9.70. The van der Waals surface area contributed by atoms with Crippen LogP contribution in [0.2, 0.25) is 5.02 Å². The number of benzene rings is 3. The molecule has 0 aromatic heterocycles. The number of amides is 1. The lowest BCUT2D eigenvalue weighted by atomic mass is 10.1. The van der Waals surface area contributed by atoms with Crippen molar-refractivity contribution in [1.82, 2.24) is 0 Å². The number of nitro groups is 2. The third kappa shape index (κ3) is 5.89. The van der Waals surface area contributed by atoms with Gasteiger partial charge in [-0.1, -0.05) is 29.8 Å². The molecule has 0 aliphatic heterocycles. The molecule has 1 N–H and O–H groups in total. The van der Waals surface area contributed by atoms with Crippen molar-refractivity contribution in [1.29, 1.82) is 5.26 Å². The maximum atomic E-state index is 12.5. The molecule has 0 aliphatic rings. The molecule has 0 radical (unpaired) electrons. The van der Waals surface area contributed by atoms with Crippen LogP contribution in [0.3, 0.4) is 0 Å². The molecule has 3 aromatic carbocycles. The Morgan fingerprint density at radius 1 is 1.06 bits per heavy atom. The minimum absolute atomic E-state index is 0.0390. The molecule has 0 atom stereocenters. The first-order valence-corrected chi connectivity index (χ1v) is 10.1. The van der Waals surface area contributed by atoms with Gasteiger partial charge in [-0.2, -0.15) is 5.26 Å². The van der Waals surface area contributed by atoms with Crippen LogP contribution in [0, 0.1) is 31.6 Å². The maximum Gasteiger partial charge on any atom is 0.318 e. The normalized spacial score (nSPS) is 10.7. The molecule has 0 bridgehead atoms. The van der Waals surface area contributed by atoms with Crippen LogP contribution in [-0.4, -0.2) is 22.9 Å². The highest BCUT2D eigenvalue weighted by Crippen LogP contribution is 2.43. The van der Waals surface area contributed by atoms with Crippen molar-refractivity contribution >= 4 is 40.6 Å². The van der Waals surface area contributed by atoms with Crippen molar-refractivity contribution < 1.29 is 24.1 Å². The topological polar surface area (TPSA) is 158 Å². The summed E-state index contributed by atoms with van der Waals surface area (Å²) in [6.07, 6.45) is 1.28. The molecule has 3 rings (SSSR count). The Labute approximate surface area is 203 Å². The molecule has 11 nitrogen and oxygen atoms in total. The lowest BCUT2D eigenvalue weighted by Gasteiger charge is -2.13. The Morgan fingerprint density at radius 3 is 2.37 bits per heavy atom. The van der Waals surface area contributed by atoms with Gasteiger partial charge in [0.25, 0.3) is 11.6 Å². The van der Waals surface area contributed by atoms with Crippen molar-refractivity contribution in [3.63, 3.8) is 0 Å². The summed E-state index contributed by atoms with van der Waals surface area (Å²) in [4.78, 5) is 33.2. The molecule has 0 fully saturated rings. The number of ether oxygens (including phenoxy) is 2. The number of methoxy groups -OCH3 is 1. The van der Waals surface area contributed by atoms with E-state index in [1.807, 2.05) is 6.07 Å². The van der Waals surface area contributed by atoms with Crippen molar-refractivity contribution in [3.8, 4) is 23.3 Å². The van der Waals surface area contributed by atoms with E-state index >= 15 is 0 Å². The van der Waals surface area contributed by atoms with E-state index in [1.54, 1.807) is 30.3 Å². The van der Waals surface area contributed by atoms with Crippen LogP contribution >= 0.6 is 11.6 Å². The van der Waals surface area contributed by atoms with E-state index in [9.17, 15) is 30.3 Å². The summed E-state index contributed by atoms with van der Waals surface area (Å²) in [6, 6.07) is 16.0. The zero-order valence-corrected chi connectivity index (χ0v) is 18.7. The third-order valence-electron chi connectivity index (χ3n) is 4.52. The second-order valence-corrected chi connectivity index (χ2v) is 7.20. The molecule has 176 valence electrons. The average molecular weight is 495 g/mol. The number of non-ortho nitro benzene ring substituents is 1. The number of para-hydroxylation sites is 1. The number of carbonyl (C=O) groups is 1. The number of hydrogen-bond acceptors (Lipinski definition) is 8. The van der Waals surface area contributed by atoms with Gasteiger partial charge in [0.15, 0.2) is 11.5 Å². The van der Waals surface area contributed by atoms with Gasteiger partial charge in [0.1, 0.15) is 11.6 Å². The number of hydrogen-bond donors (Lipinski definition) is 1. The van der Waals surface area contributed by atoms with E-state index in [0.29, 0.717) is 11.3 Å². The number of nitriles is 1. The van der Waals surface area contributed by atoms with E-state index in [1.165, 1.54) is 25.3 Å².